The van der Waals surface area contributed by atoms with Gasteiger partial charge in [-0.25, -0.2) is 8.42 Å². The number of nitrogens with zero attached hydrogens (tertiary/aromatic N) is 3. The quantitative estimate of drug-likeness (QED) is 0.769. The second kappa shape index (κ2) is 8.55. The second-order valence-electron chi connectivity index (χ2n) is 7.59. The summed E-state index contributed by atoms with van der Waals surface area (Å²) in [4.78, 5) is 5.44. The minimum Gasteiger partial charge on any atom is -0.379 e. The normalized spacial score (nSPS) is 26.4. The third-order valence-electron chi connectivity index (χ3n) is 5.87. The number of nitrogens with one attached hydrogen (secondary N) is 1. The molecule has 1 aromatic carbocycles. The standard InChI is InChI=1S/C19H30N4O3S/c24-27(25,23-11-13-26-14-12-23)19-4-2-1-3-17(19)15-21-8-5-18(16-21)22-9-6-20-7-10-22/h1-4,18,20H,5-16H2. The molecule has 0 spiro atoms. The molecule has 3 aliphatic heterocycles. The highest BCUT2D eigenvalue weighted by Crippen LogP contribution is 2.25. The first-order valence-electron chi connectivity index (χ1n) is 9.97. The number of likely N-dealkylation sites (tertiary alicyclic amines) is 1. The van der Waals surface area contributed by atoms with E-state index in [2.05, 4.69) is 15.1 Å². The Morgan fingerprint density at radius 2 is 1.78 bits per heavy atom. The van der Waals surface area contributed by atoms with Gasteiger partial charge in [0.25, 0.3) is 0 Å². The second-order valence-corrected chi connectivity index (χ2v) is 9.49. The highest BCUT2D eigenvalue weighted by atomic mass is 32.2. The van der Waals surface area contributed by atoms with E-state index < -0.39 is 10.0 Å². The lowest BCUT2D eigenvalue weighted by molar-refractivity contribution is 0.0730. The van der Waals surface area contributed by atoms with Crippen LogP contribution in [0, 0.1) is 0 Å². The molecule has 8 heteroatoms. The summed E-state index contributed by atoms with van der Waals surface area (Å²) in [5, 5.41) is 3.41. The van der Waals surface area contributed by atoms with Crippen molar-refractivity contribution in [2.45, 2.75) is 23.9 Å². The molecule has 7 nitrogen and oxygen atoms in total. The molecule has 1 aromatic rings. The van der Waals surface area contributed by atoms with Gasteiger partial charge in [-0.3, -0.25) is 9.80 Å². The van der Waals surface area contributed by atoms with Gasteiger partial charge in [0.15, 0.2) is 0 Å². The number of piperazine rings is 1. The number of benzene rings is 1. The molecule has 0 aliphatic carbocycles. The molecule has 3 saturated heterocycles. The third kappa shape index (κ3) is 4.36. The Labute approximate surface area is 162 Å². The topological polar surface area (TPSA) is 65.1 Å². The molecule has 1 unspecified atom stereocenters. The Balaban J connectivity index is 1.45. The summed E-state index contributed by atoms with van der Waals surface area (Å²) in [6.07, 6.45) is 1.17. The highest BCUT2D eigenvalue weighted by molar-refractivity contribution is 7.89. The van der Waals surface area contributed by atoms with Crippen LogP contribution in [0.5, 0.6) is 0 Å². The Hall–Kier alpha value is -1.03. The summed E-state index contributed by atoms with van der Waals surface area (Å²) in [7, 11) is -3.46. The summed E-state index contributed by atoms with van der Waals surface area (Å²) in [5.41, 5.74) is 0.907. The predicted octanol–water partition coefficient (Wildman–Crippen LogP) is 0.187. The van der Waals surface area contributed by atoms with E-state index in [1.165, 1.54) is 6.42 Å². The lowest BCUT2D eigenvalue weighted by Gasteiger charge is -2.32. The van der Waals surface area contributed by atoms with E-state index in [9.17, 15) is 8.42 Å². The van der Waals surface area contributed by atoms with E-state index in [4.69, 9.17) is 4.74 Å². The van der Waals surface area contributed by atoms with Gasteiger partial charge in [-0.15, -0.1) is 0 Å². The molecule has 27 heavy (non-hydrogen) atoms. The molecule has 0 saturated carbocycles. The monoisotopic (exact) mass is 394 g/mol. The minimum atomic E-state index is -3.46. The Morgan fingerprint density at radius 3 is 2.56 bits per heavy atom. The van der Waals surface area contributed by atoms with Crippen LogP contribution < -0.4 is 5.32 Å². The van der Waals surface area contributed by atoms with Crippen molar-refractivity contribution in [1.82, 2.24) is 19.4 Å². The molecule has 4 rings (SSSR count). The SMILES string of the molecule is O=S(=O)(c1ccccc1CN1CCC(N2CCNCC2)C1)N1CCOCC1. The van der Waals surface area contributed by atoms with Gasteiger partial charge in [-0.2, -0.15) is 4.31 Å². The number of hydrogen-bond acceptors (Lipinski definition) is 6. The van der Waals surface area contributed by atoms with Crippen molar-refractivity contribution in [3.63, 3.8) is 0 Å². The average molecular weight is 395 g/mol. The van der Waals surface area contributed by atoms with Crippen LogP contribution >= 0.6 is 0 Å². The van der Waals surface area contributed by atoms with Gasteiger partial charge in [0, 0.05) is 64.9 Å². The van der Waals surface area contributed by atoms with Crippen LogP contribution in [0.1, 0.15) is 12.0 Å². The van der Waals surface area contributed by atoms with Crippen molar-refractivity contribution >= 4 is 10.0 Å². The zero-order valence-electron chi connectivity index (χ0n) is 15.8. The summed E-state index contributed by atoms with van der Waals surface area (Å²) in [6, 6.07) is 8.08. The maximum atomic E-state index is 13.1. The highest BCUT2D eigenvalue weighted by Gasteiger charge is 2.31. The Bertz CT molecular complexity index is 730. The first kappa shape index (κ1) is 19.3. The van der Waals surface area contributed by atoms with E-state index in [-0.39, 0.29) is 0 Å². The van der Waals surface area contributed by atoms with Crippen molar-refractivity contribution < 1.29 is 13.2 Å². The van der Waals surface area contributed by atoms with Gasteiger partial charge in [-0.1, -0.05) is 18.2 Å². The van der Waals surface area contributed by atoms with Crippen molar-refractivity contribution in [1.29, 1.82) is 0 Å². The molecule has 150 valence electrons. The predicted molar refractivity (Wildman–Crippen MR) is 104 cm³/mol. The smallest absolute Gasteiger partial charge is 0.243 e. The van der Waals surface area contributed by atoms with E-state index in [1.54, 1.807) is 10.4 Å². The summed E-state index contributed by atoms with van der Waals surface area (Å²) in [5.74, 6) is 0. The van der Waals surface area contributed by atoms with Crippen LogP contribution in [0.4, 0.5) is 0 Å². The van der Waals surface area contributed by atoms with Crippen molar-refractivity contribution in [2.75, 3.05) is 65.6 Å². The third-order valence-corrected chi connectivity index (χ3v) is 7.87. The van der Waals surface area contributed by atoms with Gasteiger partial charge >= 0.3 is 0 Å². The van der Waals surface area contributed by atoms with Crippen LogP contribution in [0.25, 0.3) is 0 Å². The first-order chi connectivity index (χ1) is 13.1. The first-order valence-corrected chi connectivity index (χ1v) is 11.4. The molecule has 1 N–H and O–H groups in total. The van der Waals surface area contributed by atoms with E-state index in [0.29, 0.717) is 43.8 Å². The van der Waals surface area contributed by atoms with E-state index >= 15 is 0 Å². The molecule has 3 aliphatic rings. The fraction of sp³-hybridized carbons (Fsp3) is 0.684. The number of sulfonamides is 1. The number of rotatable bonds is 5. The van der Waals surface area contributed by atoms with Gasteiger partial charge in [-0.05, 0) is 18.1 Å². The minimum absolute atomic E-state index is 0.436. The molecule has 0 bridgehead atoms. The molecule has 0 amide bonds. The maximum absolute atomic E-state index is 13.1. The fourth-order valence-electron chi connectivity index (χ4n) is 4.35. The largest absolute Gasteiger partial charge is 0.379 e. The molecular weight excluding hydrogens is 364 g/mol. The lowest BCUT2D eigenvalue weighted by atomic mass is 10.2. The summed E-state index contributed by atoms with van der Waals surface area (Å²) < 4.78 is 33.1. The van der Waals surface area contributed by atoms with Crippen molar-refractivity contribution in [3.8, 4) is 0 Å². The lowest BCUT2D eigenvalue weighted by Crippen LogP contribution is -2.49. The van der Waals surface area contributed by atoms with Crippen LogP contribution in [-0.4, -0.2) is 94.1 Å². The molecule has 3 heterocycles. The van der Waals surface area contributed by atoms with Gasteiger partial charge in [0.05, 0.1) is 18.1 Å². The van der Waals surface area contributed by atoms with Crippen LogP contribution in [-0.2, 0) is 21.3 Å². The van der Waals surface area contributed by atoms with Crippen molar-refractivity contribution in [3.05, 3.63) is 29.8 Å². The van der Waals surface area contributed by atoms with Crippen molar-refractivity contribution in [2.24, 2.45) is 0 Å². The van der Waals surface area contributed by atoms with Crippen LogP contribution in [0.3, 0.4) is 0 Å². The molecule has 3 fully saturated rings. The van der Waals surface area contributed by atoms with E-state index in [1.807, 2.05) is 18.2 Å². The summed E-state index contributed by atoms with van der Waals surface area (Å²) in [6.45, 7) is 8.92. The van der Waals surface area contributed by atoms with E-state index in [0.717, 1.165) is 44.8 Å². The zero-order chi connectivity index (χ0) is 18.7. The number of hydrogen-bond donors (Lipinski definition) is 1. The maximum Gasteiger partial charge on any atom is 0.243 e. The van der Waals surface area contributed by atoms with Gasteiger partial charge in [0.2, 0.25) is 10.0 Å². The molecule has 0 radical (unpaired) electrons. The number of morpholine rings is 1. The molecule has 0 aromatic heterocycles. The summed E-state index contributed by atoms with van der Waals surface area (Å²) >= 11 is 0. The molecule has 1 atom stereocenters. The zero-order valence-corrected chi connectivity index (χ0v) is 16.7. The van der Waals surface area contributed by atoms with Crippen LogP contribution in [0.15, 0.2) is 29.2 Å². The van der Waals surface area contributed by atoms with Gasteiger partial charge < -0.3 is 10.1 Å². The molecular formula is C19H30N4O3S. The average Bonchev–Trinajstić information content (AvgIpc) is 3.18. The number of ether oxygens (including phenoxy) is 1. The van der Waals surface area contributed by atoms with Crippen LogP contribution in [0.2, 0.25) is 0 Å². The fourth-order valence-corrected chi connectivity index (χ4v) is 5.98. The Morgan fingerprint density at radius 1 is 1.04 bits per heavy atom. The Kier molecular flexibility index (Phi) is 6.11. The van der Waals surface area contributed by atoms with Gasteiger partial charge in [0.1, 0.15) is 0 Å².